The van der Waals surface area contributed by atoms with Crippen molar-refractivity contribution in [2.45, 2.75) is 18.8 Å². The second-order valence-electron chi connectivity index (χ2n) is 4.65. The molecule has 0 aliphatic heterocycles. The second kappa shape index (κ2) is 2.90. The van der Waals surface area contributed by atoms with E-state index in [1.807, 2.05) is 0 Å². The van der Waals surface area contributed by atoms with Crippen molar-refractivity contribution in [2.75, 3.05) is 0 Å². The summed E-state index contributed by atoms with van der Waals surface area (Å²) in [5.41, 5.74) is 0.467. The van der Waals surface area contributed by atoms with Gasteiger partial charge in [0.15, 0.2) is 5.78 Å². The van der Waals surface area contributed by atoms with Crippen LogP contribution in [0.2, 0.25) is 0 Å². The Hall–Kier alpha value is -1.26. The Kier molecular flexibility index (Phi) is 1.80. The smallest absolute Gasteiger partial charge is 0.445 e. The van der Waals surface area contributed by atoms with Crippen LogP contribution in [0.3, 0.4) is 0 Å². The molecule has 5 heteroatoms. The molecule has 0 unspecified atom stereocenters. The molecular weight excluding hydrogens is 216 g/mol. The zero-order valence-electron chi connectivity index (χ0n) is 8.42. The standard InChI is InChI=1S/C11H9BF3O/c13-12(14,15)8-1-2-9-6-3-7(4-6)11(16)10(9)5-8/h1-2,5-7H,3-4H2/q-1. The van der Waals surface area contributed by atoms with E-state index in [2.05, 4.69) is 0 Å². The molecule has 0 aromatic heterocycles. The Labute approximate surface area is 90.7 Å². The first kappa shape index (κ1) is 9.93. The highest BCUT2D eigenvalue weighted by Crippen LogP contribution is 2.49. The van der Waals surface area contributed by atoms with Crippen LogP contribution in [0.15, 0.2) is 18.2 Å². The lowest BCUT2D eigenvalue weighted by Crippen LogP contribution is -2.40. The molecule has 3 aliphatic carbocycles. The largest absolute Gasteiger partial charge is 0.509 e. The highest BCUT2D eigenvalue weighted by Gasteiger charge is 2.43. The van der Waals surface area contributed by atoms with E-state index in [0.29, 0.717) is 11.5 Å². The maximum absolute atomic E-state index is 12.5. The summed E-state index contributed by atoms with van der Waals surface area (Å²) >= 11 is 0. The van der Waals surface area contributed by atoms with Gasteiger partial charge in [0, 0.05) is 11.5 Å². The molecule has 0 amide bonds. The first-order chi connectivity index (χ1) is 7.47. The third kappa shape index (κ3) is 1.23. The molecule has 4 rings (SSSR count). The molecule has 1 nitrogen and oxygen atoms in total. The molecule has 0 radical (unpaired) electrons. The maximum atomic E-state index is 12.5. The van der Waals surface area contributed by atoms with Crippen LogP contribution in [0.4, 0.5) is 12.9 Å². The van der Waals surface area contributed by atoms with Gasteiger partial charge in [-0.05, 0) is 24.3 Å². The Bertz CT molecular complexity index is 475. The Balaban J connectivity index is 2.12. The fourth-order valence-electron chi connectivity index (χ4n) is 2.65. The topological polar surface area (TPSA) is 17.1 Å². The van der Waals surface area contributed by atoms with Gasteiger partial charge in [-0.1, -0.05) is 18.2 Å². The van der Waals surface area contributed by atoms with Crippen LogP contribution >= 0.6 is 0 Å². The van der Waals surface area contributed by atoms with Crippen molar-refractivity contribution < 1.29 is 17.7 Å². The number of hydrogen-bond acceptors (Lipinski definition) is 1. The summed E-state index contributed by atoms with van der Waals surface area (Å²) < 4.78 is 37.6. The molecule has 1 aromatic rings. The molecule has 3 aliphatic rings. The Morgan fingerprint density at radius 1 is 1.12 bits per heavy atom. The zero-order valence-corrected chi connectivity index (χ0v) is 8.42. The lowest BCUT2D eigenvalue weighted by atomic mass is 9.61. The predicted octanol–water partition coefficient (Wildman–Crippen LogP) is 2.43. The molecule has 84 valence electrons. The molecule has 0 atom stereocenters. The van der Waals surface area contributed by atoms with Gasteiger partial charge in [-0.3, -0.25) is 4.79 Å². The van der Waals surface area contributed by atoms with Crippen LogP contribution in [0.5, 0.6) is 0 Å². The van der Waals surface area contributed by atoms with Crippen LogP contribution in [-0.2, 0) is 0 Å². The quantitative estimate of drug-likeness (QED) is 0.670. The average molecular weight is 225 g/mol. The molecule has 1 aromatic carbocycles. The first-order valence-electron chi connectivity index (χ1n) is 5.35. The number of rotatable bonds is 1. The summed E-state index contributed by atoms with van der Waals surface area (Å²) in [6.45, 7) is -5.00. The van der Waals surface area contributed by atoms with E-state index in [4.69, 9.17) is 0 Å². The number of ketones is 1. The molecule has 0 heterocycles. The monoisotopic (exact) mass is 225 g/mol. The third-order valence-electron chi connectivity index (χ3n) is 3.67. The van der Waals surface area contributed by atoms with Crippen molar-refractivity contribution in [3.63, 3.8) is 0 Å². The van der Waals surface area contributed by atoms with E-state index in [0.717, 1.165) is 30.5 Å². The second-order valence-corrected chi connectivity index (χ2v) is 4.65. The van der Waals surface area contributed by atoms with Crippen molar-refractivity contribution in [1.29, 1.82) is 0 Å². The molecule has 0 saturated heterocycles. The molecular formula is C11H9BF3O-. The van der Waals surface area contributed by atoms with E-state index in [1.165, 1.54) is 6.07 Å². The fourth-order valence-corrected chi connectivity index (χ4v) is 2.65. The number of hydrogen-bond donors (Lipinski definition) is 0. The first-order valence-corrected chi connectivity index (χ1v) is 5.35. The summed E-state index contributed by atoms with van der Waals surface area (Å²) in [5, 5.41) is 0. The highest BCUT2D eigenvalue weighted by atomic mass is 19.4. The lowest BCUT2D eigenvalue weighted by molar-refractivity contribution is 0.0793. The summed E-state index contributed by atoms with van der Waals surface area (Å²) in [4.78, 5) is 11.8. The van der Waals surface area contributed by atoms with Crippen molar-refractivity contribution in [1.82, 2.24) is 0 Å². The van der Waals surface area contributed by atoms with Gasteiger partial charge >= 0.3 is 6.98 Å². The van der Waals surface area contributed by atoms with Gasteiger partial charge in [0.1, 0.15) is 0 Å². The number of Topliss-reactive ketones (excluding diaryl/α,β-unsaturated/α-hetero) is 1. The van der Waals surface area contributed by atoms with Crippen LogP contribution < -0.4 is 5.46 Å². The minimum absolute atomic E-state index is 0.0199. The van der Waals surface area contributed by atoms with Gasteiger partial charge < -0.3 is 12.9 Å². The lowest BCUT2D eigenvalue weighted by Gasteiger charge is -2.41. The van der Waals surface area contributed by atoms with E-state index < -0.39 is 12.4 Å². The fraction of sp³-hybridized carbons (Fsp3) is 0.364. The summed E-state index contributed by atoms with van der Waals surface area (Å²) in [6, 6.07) is 3.62. The van der Waals surface area contributed by atoms with E-state index >= 15 is 0 Å². The molecule has 16 heavy (non-hydrogen) atoms. The average Bonchev–Trinajstić information content (AvgIpc) is 2.13. The zero-order chi connectivity index (χ0) is 11.5. The van der Waals surface area contributed by atoms with Crippen LogP contribution in [0.25, 0.3) is 0 Å². The number of benzene rings is 1. The predicted molar refractivity (Wildman–Crippen MR) is 54.9 cm³/mol. The summed E-state index contributed by atoms with van der Waals surface area (Å²) in [5.74, 6) is 0.195. The molecule has 2 bridgehead atoms. The van der Waals surface area contributed by atoms with Gasteiger partial charge in [-0.25, -0.2) is 0 Å². The molecule has 0 spiro atoms. The third-order valence-corrected chi connectivity index (χ3v) is 3.67. The summed E-state index contributed by atoms with van der Waals surface area (Å²) in [6.07, 6.45) is 1.64. The molecule has 0 N–H and O–H groups in total. The minimum Gasteiger partial charge on any atom is -0.445 e. The van der Waals surface area contributed by atoms with Crippen LogP contribution in [-0.4, -0.2) is 12.8 Å². The normalized spacial score (nSPS) is 27.3. The van der Waals surface area contributed by atoms with E-state index in [9.17, 15) is 17.7 Å². The van der Waals surface area contributed by atoms with Crippen molar-refractivity contribution >= 4 is 18.2 Å². The highest BCUT2D eigenvalue weighted by molar-refractivity contribution is 6.73. The minimum atomic E-state index is -5.00. The number of halogens is 3. The van der Waals surface area contributed by atoms with E-state index in [-0.39, 0.29) is 11.7 Å². The van der Waals surface area contributed by atoms with Crippen LogP contribution in [0, 0.1) is 5.92 Å². The SMILES string of the molecule is O=C1c2cc([B-](F)(F)F)ccc2C2CC1C2. The Morgan fingerprint density at radius 2 is 1.81 bits per heavy atom. The van der Waals surface area contributed by atoms with Gasteiger partial charge in [0.2, 0.25) is 0 Å². The summed E-state index contributed by atoms with van der Waals surface area (Å²) in [7, 11) is 0. The van der Waals surface area contributed by atoms with Crippen molar-refractivity contribution in [2.24, 2.45) is 5.92 Å². The number of carbonyl (C=O) groups is 1. The van der Waals surface area contributed by atoms with E-state index in [1.54, 1.807) is 0 Å². The molecule has 1 fully saturated rings. The van der Waals surface area contributed by atoms with Crippen molar-refractivity contribution in [3.05, 3.63) is 29.3 Å². The van der Waals surface area contributed by atoms with Gasteiger partial charge in [0.25, 0.3) is 0 Å². The molecule has 1 saturated carbocycles. The van der Waals surface area contributed by atoms with Crippen molar-refractivity contribution in [3.8, 4) is 0 Å². The van der Waals surface area contributed by atoms with Gasteiger partial charge in [-0.15, -0.1) is 5.46 Å². The van der Waals surface area contributed by atoms with Gasteiger partial charge in [0.05, 0.1) is 0 Å². The van der Waals surface area contributed by atoms with Gasteiger partial charge in [-0.2, -0.15) is 0 Å². The number of carbonyl (C=O) groups excluding carboxylic acids is 1. The van der Waals surface area contributed by atoms with Crippen LogP contribution in [0.1, 0.15) is 34.7 Å². The maximum Gasteiger partial charge on any atom is 0.509 e. The Morgan fingerprint density at radius 3 is 2.44 bits per heavy atom.